The second kappa shape index (κ2) is 8.80. The number of hydrogen-bond donors (Lipinski definition) is 1. The number of carbonyl (C=O) groups excluding carboxylic acids is 1. The lowest BCUT2D eigenvalue weighted by atomic mass is 10.1. The number of aromatic nitrogens is 3. The Morgan fingerprint density at radius 3 is 2.86 bits per heavy atom. The Morgan fingerprint density at radius 2 is 2.04 bits per heavy atom. The third-order valence-corrected chi connectivity index (χ3v) is 4.90. The molecule has 1 unspecified atom stereocenters. The van der Waals surface area contributed by atoms with Gasteiger partial charge in [0.2, 0.25) is 5.91 Å². The highest BCUT2D eigenvalue weighted by Gasteiger charge is 2.25. The van der Waals surface area contributed by atoms with Gasteiger partial charge in [0.25, 0.3) is 0 Å². The molecule has 1 aliphatic rings. The van der Waals surface area contributed by atoms with E-state index in [1.165, 1.54) is 11.1 Å². The van der Waals surface area contributed by atoms with Crippen molar-refractivity contribution in [3.63, 3.8) is 0 Å². The van der Waals surface area contributed by atoms with E-state index in [1.54, 1.807) is 12.4 Å². The van der Waals surface area contributed by atoms with Crippen LogP contribution in [0.2, 0.25) is 0 Å². The summed E-state index contributed by atoms with van der Waals surface area (Å²) in [6.45, 7) is 1.83. The maximum Gasteiger partial charge on any atom is 0.220 e. The molecule has 3 heterocycles. The minimum atomic E-state index is -0.192. The van der Waals surface area contributed by atoms with E-state index in [9.17, 15) is 4.79 Å². The lowest BCUT2D eigenvalue weighted by Crippen LogP contribution is -2.32. The number of carbonyl (C=O) groups is 1. The molecule has 0 fully saturated rings. The predicted molar refractivity (Wildman–Crippen MR) is 106 cm³/mol. The van der Waals surface area contributed by atoms with Crippen LogP contribution >= 0.6 is 0 Å². The topological polar surface area (TPSA) is 69.0 Å². The molecule has 1 amide bonds. The van der Waals surface area contributed by atoms with Crippen molar-refractivity contribution in [3.8, 4) is 0 Å². The van der Waals surface area contributed by atoms with Crippen LogP contribution in [0.1, 0.15) is 34.9 Å². The minimum Gasteiger partial charge on any atom is -0.370 e. The second-order valence-electron chi connectivity index (χ2n) is 7.00. The monoisotopic (exact) mass is 376 g/mol. The van der Waals surface area contributed by atoms with Gasteiger partial charge in [0.1, 0.15) is 6.10 Å². The van der Waals surface area contributed by atoms with Crippen molar-refractivity contribution in [1.29, 1.82) is 0 Å². The Balaban J connectivity index is 1.33. The molecule has 0 bridgehead atoms. The molecule has 1 atom stereocenters. The molecule has 0 aliphatic carbocycles. The zero-order chi connectivity index (χ0) is 19.2. The van der Waals surface area contributed by atoms with Crippen molar-refractivity contribution in [3.05, 3.63) is 83.4 Å². The number of hydrogen-bond acceptors (Lipinski definition) is 4. The average molecular weight is 376 g/mol. The van der Waals surface area contributed by atoms with Gasteiger partial charge in [-0.2, -0.15) is 5.10 Å². The zero-order valence-electron chi connectivity index (χ0n) is 15.8. The molecule has 1 aromatic carbocycles. The van der Waals surface area contributed by atoms with Gasteiger partial charge in [0.05, 0.1) is 18.8 Å². The van der Waals surface area contributed by atoms with Crippen LogP contribution in [-0.2, 0) is 28.9 Å². The van der Waals surface area contributed by atoms with E-state index in [2.05, 4.69) is 28.6 Å². The number of nitrogens with one attached hydrogen (secondary N) is 1. The number of fused-ring (bicyclic) bond motifs is 1. The van der Waals surface area contributed by atoms with Gasteiger partial charge in [-0.1, -0.05) is 36.4 Å². The van der Waals surface area contributed by atoms with Gasteiger partial charge in [0.15, 0.2) is 0 Å². The largest absolute Gasteiger partial charge is 0.370 e. The third kappa shape index (κ3) is 4.64. The summed E-state index contributed by atoms with van der Waals surface area (Å²) in [7, 11) is 0. The van der Waals surface area contributed by atoms with Crippen LogP contribution < -0.4 is 5.32 Å². The van der Waals surface area contributed by atoms with Crippen LogP contribution in [0.5, 0.6) is 0 Å². The quantitative estimate of drug-likeness (QED) is 0.688. The van der Waals surface area contributed by atoms with E-state index >= 15 is 0 Å². The summed E-state index contributed by atoms with van der Waals surface area (Å²) in [5, 5.41) is 7.72. The van der Waals surface area contributed by atoms with E-state index in [1.807, 2.05) is 35.0 Å². The standard InChI is InChI=1S/C22H24N4O2/c27-21(9-8-17-7-4-11-23-13-17)24-14-20-22-19(10-12-28-20)16-26(25-22)15-18-5-2-1-3-6-18/h1-7,11,13,16,20H,8-10,12,14-15H2,(H,24,27). The number of amides is 1. The first-order valence-electron chi connectivity index (χ1n) is 9.65. The molecular weight excluding hydrogens is 352 g/mol. The number of benzene rings is 1. The number of nitrogens with zero attached hydrogens (tertiary/aromatic N) is 3. The molecular formula is C22H24N4O2. The summed E-state index contributed by atoms with van der Waals surface area (Å²) < 4.78 is 7.84. The van der Waals surface area contributed by atoms with Gasteiger partial charge in [-0.25, -0.2) is 0 Å². The summed E-state index contributed by atoms with van der Waals surface area (Å²) >= 11 is 0. The number of ether oxygens (including phenoxy) is 1. The summed E-state index contributed by atoms with van der Waals surface area (Å²) in [6, 6.07) is 14.1. The van der Waals surface area contributed by atoms with E-state index in [0.717, 1.165) is 24.2 Å². The molecule has 0 spiro atoms. The zero-order valence-corrected chi connectivity index (χ0v) is 15.8. The van der Waals surface area contributed by atoms with Crippen molar-refractivity contribution in [2.24, 2.45) is 0 Å². The molecule has 6 heteroatoms. The third-order valence-electron chi connectivity index (χ3n) is 4.90. The van der Waals surface area contributed by atoms with Gasteiger partial charge >= 0.3 is 0 Å². The first-order chi connectivity index (χ1) is 13.8. The molecule has 0 saturated heterocycles. The van der Waals surface area contributed by atoms with Crippen LogP contribution in [0.25, 0.3) is 0 Å². The smallest absolute Gasteiger partial charge is 0.220 e. The second-order valence-corrected chi connectivity index (χ2v) is 7.00. The Kier molecular flexibility index (Phi) is 5.77. The minimum absolute atomic E-state index is 0.0169. The molecule has 1 N–H and O–H groups in total. The molecule has 0 saturated carbocycles. The molecule has 3 aromatic rings. The predicted octanol–water partition coefficient (Wildman–Crippen LogP) is 2.69. The van der Waals surface area contributed by atoms with Gasteiger partial charge in [-0.05, 0) is 35.6 Å². The highest BCUT2D eigenvalue weighted by Crippen LogP contribution is 2.25. The summed E-state index contributed by atoms with van der Waals surface area (Å²) in [5.41, 5.74) is 4.42. The molecule has 2 aromatic heterocycles. The van der Waals surface area contributed by atoms with Crippen LogP contribution in [0.15, 0.2) is 61.1 Å². The van der Waals surface area contributed by atoms with Gasteiger partial charge in [0, 0.05) is 31.6 Å². The van der Waals surface area contributed by atoms with E-state index in [0.29, 0.717) is 26.0 Å². The van der Waals surface area contributed by atoms with Crippen LogP contribution in [0.3, 0.4) is 0 Å². The first-order valence-corrected chi connectivity index (χ1v) is 9.65. The maximum atomic E-state index is 12.2. The van der Waals surface area contributed by atoms with E-state index in [4.69, 9.17) is 9.84 Å². The van der Waals surface area contributed by atoms with Crippen molar-refractivity contribution in [1.82, 2.24) is 20.1 Å². The lowest BCUT2D eigenvalue weighted by molar-refractivity contribution is -0.121. The van der Waals surface area contributed by atoms with Crippen molar-refractivity contribution >= 4 is 5.91 Å². The molecule has 4 rings (SSSR count). The van der Waals surface area contributed by atoms with Gasteiger partial charge in [-0.3, -0.25) is 14.5 Å². The van der Waals surface area contributed by atoms with Crippen molar-refractivity contribution in [2.45, 2.75) is 31.9 Å². The summed E-state index contributed by atoms with van der Waals surface area (Å²) in [4.78, 5) is 16.3. The van der Waals surface area contributed by atoms with Crippen LogP contribution in [0.4, 0.5) is 0 Å². The fourth-order valence-corrected chi connectivity index (χ4v) is 3.44. The number of rotatable bonds is 7. The van der Waals surface area contributed by atoms with Crippen molar-refractivity contribution < 1.29 is 9.53 Å². The maximum absolute atomic E-state index is 12.2. The van der Waals surface area contributed by atoms with Crippen molar-refractivity contribution in [2.75, 3.05) is 13.2 Å². The van der Waals surface area contributed by atoms with Crippen LogP contribution in [0, 0.1) is 0 Å². The molecule has 6 nitrogen and oxygen atoms in total. The van der Waals surface area contributed by atoms with E-state index in [-0.39, 0.29) is 12.0 Å². The van der Waals surface area contributed by atoms with E-state index < -0.39 is 0 Å². The number of pyridine rings is 1. The lowest BCUT2D eigenvalue weighted by Gasteiger charge is -2.22. The SMILES string of the molecule is O=C(CCc1cccnc1)NCC1OCCc2cn(Cc3ccccc3)nc21. The highest BCUT2D eigenvalue weighted by molar-refractivity contribution is 5.76. The summed E-state index contributed by atoms with van der Waals surface area (Å²) in [5.74, 6) is 0.0169. The first kappa shape index (κ1) is 18.4. The fourth-order valence-electron chi connectivity index (χ4n) is 3.44. The normalized spacial score (nSPS) is 15.8. The average Bonchev–Trinajstić information content (AvgIpc) is 3.15. The Hall–Kier alpha value is -2.99. The van der Waals surface area contributed by atoms with Gasteiger partial charge < -0.3 is 10.1 Å². The molecule has 28 heavy (non-hydrogen) atoms. The molecule has 144 valence electrons. The number of aryl methyl sites for hydroxylation is 1. The Labute approximate surface area is 164 Å². The van der Waals surface area contributed by atoms with Crippen LogP contribution in [-0.4, -0.2) is 33.8 Å². The molecule has 0 radical (unpaired) electrons. The fraction of sp³-hybridized carbons (Fsp3) is 0.318. The Morgan fingerprint density at radius 1 is 1.18 bits per heavy atom. The highest BCUT2D eigenvalue weighted by atomic mass is 16.5. The molecule has 1 aliphatic heterocycles. The Bertz CT molecular complexity index is 909. The summed E-state index contributed by atoms with van der Waals surface area (Å²) in [6.07, 6.45) is 7.41. The van der Waals surface area contributed by atoms with Gasteiger partial charge in [-0.15, -0.1) is 0 Å².